The minimum absolute atomic E-state index is 0.170. The molecule has 0 N–H and O–H groups in total. The topological polar surface area (TPSA) is 31.2 Å². The van der Waals surface area contributed by atoms with E-state index in [0.29, 0.717) is 0 Å². The van der Waals surface area contributed by atoms with Crippen molar-refractivity contribution in [3.63, 3.8) is 0 Å². The summed E-state index contributed by atoms with van der Waals surface area (Å²) in [5, 5.41) is 2.02. The summed E-state index contributed by atoms with van der Waals surface area (Å²) in [6, 6.07) is 14.5. The van der Waals surface area contributed by atoms with Gasteiger partial charge in [-0.2, -0.15) is 0 Å². The molecule has 4 rings (SSSR count). The van der Waals surface area contributed by atoms with Gasteiger partial charge in [0.15, 0.2) is 0 Å². The highest BCUT2D eigenvalue weighted by Gasteiger charge is 2.29. The Morgan fingerprint density at radius 2 is 2.00 bits per heavy atom. The Labute approximate surface area is 158 Å². The molecule has 0 saturated heterocycles. The highest BCUT2D eigenvalue weighted by Crippen LogP contribution is 2.40. The molecule has 0 bridgehead atoms. The highest BCUT2D eigenvalue weighted by atomic mass is 35.5. The van der Waals surface area contributed by atoms with Crippen molar-refractivity contribution < 1.29 is 9.53 Å². The number of rotatable bonds is 3. The van der Waals surface area contributed by atoms with E-state index >= 15 is 0 Å². The maximum Gasteiger partial charge on any atom is 0.303 e. The lowest BCUT2D eigenvalue weighted by Gasteiger charge is -2.25. The van der Waals surface area contributed by atoms with Crippen molar-refractivity contribution in [3.8, 4) is 0 Å². The van der Waals surface area contributed by atoms with E-state index in [1.807, 2.05) is 12.1 Å². The molecule has 134 valence electrons. The number of halogens is 1. The molecule has 0 spiro atoms. The maximum absolute atomic E-state index is 11.7. The molecule has 1 aliphatic rings. The zero-order valence-corrected chi connectivity index (χ0v) is 15.8. The fourth-order valence-electron chi connectivity index (χ4n) is 4.05. The van der Waals surface area contributed by atoms with E-state index in [2.05, 4.69) is 41.8 Å². The maximum atomic E-state index is 11.7. The van der Waals surface area contributed by atoms with Crippen LogP contribution in [0.5, 0.6) is 0 Å². The van der Waals surface area contributed by atoms with E-state index in [0.717, 1.165) is 36.5 Å². The van der Waals surface area contributed by atoms with Crippen molar-refractivity contribution >= 4 is 28.5 Å². The van der Waals surface area contributed by atoms with Gasteiger partial charge in [0.25, 0.3) is 0 Å². The van der Waals surface area contributed by atoms with E-state index in [9.17, 15) is 4.79 Å². The Balaban J connectivity index is 1.89. The van der Waals surface area contributed by atoms with Gasteiger partial charge in [0.2, 0.25) is 0 Å². The molecular formula is C22H22ClNO2. The first kappa shape index (κ1) is 17.2. The van der Waals surface area contributed by atoms with Crippen LogP contribution in [0, 0.1) is 6.92 Å². The molecule has 2 aromatic carbocycles. The summed E-state index contributed by atoms with van der Waals surface area (Å²) in [5.74, 6) is -0.220. The van der Waals surface area contributed by atoms with Gasteiger partial charge >= 0.3 is 5.97 Å². The Bertz CT molecular complexity index is 972. The van der Waals surface area contributed by atoms with Gasteiger partial charge in [-0.1, -0.05) is 35.4 Å². The van der Waals surface area contributed by atoms with Gasteiger partial charge in [-0.15, -0.1) is 0 Å². The van der Waals surface area contributed by atoms with E-state index in [1.165, 1.54) is 34.5 Å². The largest absolute Gasteiger partial charge is 0.456 e. The predicted octanol–water partition coefficient (Wildman–Crippen LogP) is 5.59. The first-order chi connectivity index (χ1) is 12.5. The lowest BCUT2D eigenvalue weighted by molar-refractivity contribution is -0.147. The van der Waals surface area contributed by atoms with Gasteiger partial charge in [-0.05, 0) is 61.6 Å². The lowest BCUT2D eigenvalue weighted by atomic mass is 9.93. The van der Waals surface area contributed by atoms with Crippen LogP contribution in [0.15, 0.2) is 42.5 Å². The van der Waals surface area contributed by atoms with Crippen LogP contribution in [0.25, 0.3) is 10.9 Å². The van der Waals surface area contributed by atoms with Crippen LogP contribution < -0.4 is 0 Å². The van der Waals surface area contributed by atoms with Crippen LogP contribution in [0.3, 0.4) is 0 Å². The number of ether oxygens (including phenoxy) is 1. The summed E-state index contributed by atoms with van der Waals surface area (Å²) in [6.45, 7) is 4.35. The number of benzene rings is 2. The third-order valence-corrected chi connectivity index (χ3v) is 5.38. The number of nitrogens with zero attached hydrogens (tertiary/aromatic N) is 1. The third-order valence-electron chi connectivity index (χ3n) is 5.13. The standard InChI is InChI=1S/C22H22ClNO2/c1-14-6-11-20-19(12-14)18-4-3-5-21(26-15(2)25)22(18)24(20)13-16-7-9-17(23)10-8-16/h6-12,21H,3-5,13H2,1-2H3. The Morgan fingerprint density at radius 3 is 2.73 bits per heavy atom. The van der Waals surface area contributed by atoms with Crippen molar-refractivity contribution in [2.24, 2.45) is 0 Å². The average molecular weight is 368 g/mol. The fourth-order valence-corrected chi connectivity index (χ4v) is 4.17. The third kappa shape index (κ3) is 3.12. The molecule has 0 amide bonds. The number of aromatic nitrogens is 1. The predicted molar refractivity (Wildman–Crippen MR) is 105 cm³/mol. The summed E-state index contributed by atoms with van der Waals surface area (Å²) in [6.07, 6.45) is 2.78. The SMILES string of the molecule is CC(=O)OC1CCCc2c1n(Cc1ccc(Cl)cc1)c1ccc(C)cc21. The van der Waals surface area contributed by atoms with Crippen LogP contribution in [0.2, 0.25) is 5.02 Å². The fraction of sp³-hybridized carbons (Fsp3) is 0.318. The molecule has 0 saturated carbocycles. The van der Waals surface area contributed by atoms with Gasteiger partial charge in [-0.25, -0.2) is 0 Å². The number of hydrogen-bond donors (Lipinski definition) is 0. The number of hydrogen-bond acceptors (Lipinski definition) is 2. The summed E-state index contributed by atoms with van der Waals surface area (Å²) in [5.41, 5.74) is 6.12. The molecule has 3 aromatic rings. The zero-order chi connectivity index (χ0) is 18.3. The minimum Gasteiger partial charge on any atom is -0.456 e. The molecule has 26 heavy (non-hydrogen) atoms. The van der Waals surface area contributed by atoms with Crippen LogP contribution in [0.4, 0.5) is 0 Å². The van der Waals surface area contributed by atoms with Gasteiger partial charge < -0.3 is 9.30 Å². The van der Waals surface area contributed by atoms with Crippen molar-refractivity contribution in [3.05, 3.63) is 69.9 Å². The average Bonchev–Trinajstić information content (AvgIpc) is 2.91. The highest BCUT2D eigenvalue weighted by molar-refractivity contribution is 6.30. The van der Waals surface area contributed by atoms with Crippen LogP contribution in [0.1, 0.15) is 48.3 Å². The van der Waals surface area contributed by atoms with Crippen LogP contribution in [-0.4, -0.2) is 10.5 Å². The van der Waals surface area contributed by atoms with Crippen molar-refractivity contribution in [1.82, 2.24) is 4.57 Å². The quantitative estimate of drug-likeness (QED) is 0.565. The zero-order valence-electron chi connectivity index (χ0n) is 15.1. The lowest BCUT2D eigenvalue weighted by Crippen LogP contribution is -2.19. The molecule has 4 heteroatoms. The second-order valence-corrected chi connectivity index (χ2v) is 7.52. The van der Waals surface area contributed by atoms with Gasteiger partial charge in [0.1, 0.15) is 6.10 Å². The molecule has 1 aliphatic carbocycles. The van der Waals surface area contributed by atoms with Crippen LogP contribution in [-0.2, 0) is 22.5 Å². The van der Waals surface area contributed by atoms with E-state index in [1.54, 1.807) is 0 Å². The smallest absolute Gasteiger partial charge is 0.303 e. The summed E-state index contributed by atoms with van der Waals surface area (Å²) in [4.78, 5) is 11.7. The Morgan fingerprint density at radius 1 is 1.23 bits per heavy atom. The van der Waals surface area contributed by atoms with E-state index in [4.69, 9.17) is 16.3 Å². The number of fused-ring (bicyclic) bond motifs is 3. The summed E-state index contributed by atoms with van der Waals surface area (Å²) < 4.78 is 8.01. The second-order valence-electron chi connectivity index (χ2n) is 7.09. The monoisotopic (exact) mass is 367 g/mol. The molecule has 0 radical (unpaired) electrons. The van der Waals surface area contributed by atoms with Gasteiger partial charge in [0, 0.05) is 29.4 Å². The van der Waals surface area contributed by atoms with Crippen molar-refractivity contribution in [1.29, 1.82) is 0 Å². The molecule has 1 atom stereocenters. The molecular weight excluding hydrogens is 346 g/mol. The molecule has 0 aliphatic heterocycles. The van der Waals surface area contributed by atoms with Gasteiger partial charge in [-0.3, -0.25) is 4.79 Å². The number of carbonyl (C=O) groups excluding carboxylic acids is 1. The van der Waals surface area contributed by atoms with Crippen molar-refractivity contribution in [2.75, 3.05) is 0 Å². The first-order valence-electron chi connectivity index (χ1n) is 9.06. The van der Waals surface area contributed by atoms with E-state index in [-0.39, 0.29) is 12.1 Å². The van der Waals surface area contributed by atoms with Gasteiger partial charge in [0.05, 0.1) is 5.69 Å². The van der Waals surface area contributed by atoms with Crippen LogP contribution >= 0.6 is 11.6 Å². The summed E-state index contributed by atoms with van der Waals surface area (Å²) in [7, 11) is 0. The number of aryl methyl sites for hydroxylation is 2. The number of carbonyl (C=O) groups is 1. The summed E-state index contributed by atoms with van der Waals surface area (Å²) >= 11 is 6.04. The van der Waals surface area contributed by atoms with E-state index < -0.39 is 0 Å². The second kappa shape index (κ2) is 6.81. The molecule has 1 aromatic heterocycles. The van der Waals surface area contributed by atoms with Crippen molar-refractivity contribution in [2.45, 2.75) is 45.8 Å². The molecule has 1 heterocycles. The minimum atomic E-state index is -0.220. The molecule has 1 unspecified atom stereocenters. The normalized spacial score (nSPS) is 16.5. The number of esters is 1. The Kier molecular flexibility index (Phi) is 4.49. The Hall–Kier alpha value is -2.26. The molecule has 0 fully saturated rings. The first-order valence-corrected chi connectivity index (χ1v) is 9.44. The molecule has 3 nitrogen and oxygen atoms in total.